The van der Waals surface area contributed by atoms with Crippen LogP contribution in [-0.2, 0) is 6.54 Å². The SMILES string of the molecule is C=CCn1c(=O)ccc2cc(N)ccc21. The van der Waals surface area contributed by atoms with E-state index in [1.165, 1.54) is 0 Å². The third-order valence-corrected chi connectivity index (χ3v) is 2.33. The number of allylic oxidation sites excluding steroid dienone is 1. The van der Waals surface area contributed by atoms with Crippen LogP contribution in [0.5, 0.6) is 0 Å². The molecule has 0 unspecified atom stereocenters. The molecule has 3 heteroatoms. The summed E-state index contributed by atoms with van der Waals surface area (Å²) in [7, 11) is 0. The molecule has 0 aliphatic carbocycles. The van der Waals surface area contributed by atoms with Gasteiger partial charge < -0.3 is 10.3 Å². The Morgan fingerprint density at radius 3 is 2.87 bits per heavy atom. The van der Waals surface area contributed by atoms with E-state index in [0.717, 1.165) is 10.9 Å². The summed E-state index contributed by atoms with van der Waals surface area (Å²) in [6, 6.07) is 8.84. The van der Waals surface area contributed by atoms with Gasteiger partial charge in [-0.3, -0.25) is 4.79 Å². The minimum atomic E-state index is -0.0211. The number of hydrogen-bond donors (Lipinski definition) is 1. The summed E-state index contributed by atoms with van der Waals surface area (Å²) in [6.45, 7) is 4.15. The third-order valence-electron chi connectivity index (χ3n) is 2.33. The van der Waals surface area contributed by atoms with E-state index in [2.05, 4.69) is 6.58 Å². The Hall–Kier alpha value is -2.03. The van der Waals surface area contributed by atoms with Crippen molar-refractivity contribution in [3.05, 3.63) is 53.3 Å². The summed E-state index contributed by atoms with van der Waals surface area (Å²) < 4.78 is 1.67. The maximum Gasteiger partial charge on any atom is 0.251 e. The number of hydrogen-bond acceptors (Lipinski definition) is 2. The van der Waals surface area contributed by atoms with E-state index >= 15 is 0 Å². The number of anilines is 1. The van der Waals surface area contributed by atoms with Crippen LogP contribution in [0.3, 0.4) is 0 Å². The minimum Gasteiger partial charge on any atom is -0.399 e. The molecule has 0 radical (unpaired) electrons. The van der Waals surface area contributed by atoms with E-state index < -0.39 is 0 Å². The quantitative estimate of drug-likeness (QED) is 0.593. The topological polar surface area (TPSA) is 48.0 Å². The van der Waals surface area contributed by atoms with Gasteiger partial charge in [-0.1, -0.05) is 6.08 Å². The Morgan fingerprint density at radius 2 is 2.13 bits per heavy atom. The Labute approximate surface area is 87.4 Å². The predicted molar refractivity (Wildman–Crippen MR) is 62.8 cm³/mol. The highest BCUT2D eigenvalue weighted by atomic mass is 16.1. The van der Waals surface area contributed by atoms with Gasteiger partial charge in [-0.05, 0) is 24.3 Å². The Morgan fingerprint density at radius 1 is 1.33 bits per heavy atom. The molecule has 0 amide bonds. The van der Waals surface area contributed by atoms with Crippen LogP contribution in [0.2, 0.25) is 0 Å². The van der Waals surface area contributed by atoms with Crippen molar-refractivity contribution in [1.29, 1.82) is 0 Å². The average molecular weight is 200 g/mol. The molecule has 3 nitrogen and oxygen atoms in total. The van der Waals surface area contributed by atoms with Crippen molar-refractivity contribution in [2.75, 3.05) is 5.73 Å². The normalized spacial score (nSPS) is 10.4. The third kappa shape index (κ3) is 1.64. The number of benzene rings is 1. The van der Waals surface area contributed by atoms with E-state index in [9.17, 15) is 4.79 Å². The van der Waals surface area contributed by atoms with Gasteiger partial charge in [0.1, 0.15) is 0 Å². The van der Waals surface area contributed by atoms with Crippen molar-refractivity contribution >= 4 is 16.6 Å². The van der Waals surface area contributed by atoms with Crippen molar-refractivity contribution in [1.82, 2.24) is 4.57 Å². The molecule has 0 saturated heterocycles. The van der Waals surface area contributed by atoms with Gasteiger partial charge in [-0.25, -0.2) is 0 Å². The molecular formula is C12H12N2O. The standard InChI is InChI=1S/C12H12N2O/c1-2-7-14-11-5-4-10(13)8-9(11)3-6-12(14)15/h2-6,8H,1,7,13H2. The summed E-state index contributed by atoms with van der Waals surface area (Å²) in [4.78, 5) is 11.6. The molecule has 2 rings (SSSR count). The first kappa shape index (κ1) is 9.52. The molecule has 0 fully saturated rings. The van der Waals surface area contributed by atoms with Crippen LogP contribution in [0.25, 0.3) is 10.9 Å². The highest BCUT2D eigenvalue weighted by Gasteiger charge is 2.01. The number of nitrogen functional groups attached to an aromatic ring is 1. The number of nitrogens with zero attached hydrogens (tertiary/aromatic N) is 1. The molecule has 0 aliphatic rings. The van der Waals surface area contributed by atoms with Crippen molar-refractivity contribution in [2.45, 2.75) is 6.54 Å². The molecule has 76 valence electrons. The summed E-state index contributed by atoms with van der Waals surface area (Å²) in [5.41, 5.74) is 7.24. The van der Waals surface area contributed by atoms with E-state index in [4.69, 9.17) is 5.73 Å². The molecular weight excluding hydrogens is 188 g/mol. The fourth-order valence-electron chi connectivity index (χ4n) is 1.64. The first-order valence-corrected chi connectivity index (χ1v) is 4.72. The highest BCUT2D eigenvalue weighted by Crippen LogP contribution is 2.15. The molecule has 0 bridgehead atoms. The van der Waals surface area contributed by atoms with E-state index in [1.807, 2.05) is 12.1 Å². The van der Waals surface area contributed by atoms with E-state index in [1.54, 1.807) is 28.8 Å². The molecule has 0 atom stereocenters. The van der Waals surface area contributed by atoms with Crippen LogP contribution >= 0.6 is 0 Å². The number of nitrogens with two attached hydrogens (primary N) is 1. The second kappa shape index (κ2) is 3.61. The predicted octanol–water partition coefficient (Wildman–Crippen LogP) is 1.77. The lowest BCUT2D eigenvalue weighted by atomic mass is 10.2. The van der Waals surface area contributed by atoms with E-state index in [-0.39, 0.29) is 5.56 Å². The zero-order valence-electron chi connectivity index (χ0n) is 8.31. The highest BCUT2D eigenvalue weighted by molar-refractivity contribution is 5.82. The fourth-order valence-corrected chi connectivity index (χ4v) is 1.64. The monoisotopic (exact) mass is 200 g/mol. The molecule has 0 saturated carbocycles. The van der Waals surface area contributed by atoms with Gasteiger partial charge in [0, 0.05) is 23.7 Å². The van der Waals surface area contributed by atoms with Gasteiger partial charge in [0.25, 0.3) is 5.56 Å². The lowest BCUT2D eigenvalue weighted by Crippen LogP contribution is -2.18. The smallest absolute Gasteiger partial charge is 0.251 e. The van der Waals surface area contributed by atoms with Crippen LogP contribution in [0.1, 0.15) is 0 Å². The number of aromatic nitrogens is 1. The van der Waals surface area contributed by atoms with Gasteiger partial charge >= 0.3 is 0 Å². The second-order valence-electron chi connectivity index (χ2n) is 3.39. The molecule has 1 aromatic heterocycles. The summed E-state index contributed by atoms with van der Waals surface area (Å²) in [6.07, 6.45) is 1.71. The van der Waals surface area contributed by atoms with Crippen molar-refractivity contribution < 1.29 is 0 Å². The van der Waals surface area contributed by atoms with Crippen molar-refractivity contribution in [3.8, 4) is 0 Å². The van der Waals surface area contributed by atoms with E-state index in [0.29, 0.717) is 12.2 Å². The van der Waals surface area contributed by atoms with Crippen molar-refractivity contribution in [2.24, 2.45) is 0 Å². The summed E-state index contributed by atoms with van der Waals surface area (Å²) >= 11 is 0. The maximum atomic E-state index is 11.6. The number of fused-ring (bicyclic) bond motifs is 1. The maximum absolute atomic E-state index is 11.6. The van der Waals surface area contributed by atoms with Crippen molar-refractivity contribution in [3.63, 3.8) is 0 Å². The summed E-state index contributed by atoms with van der Waals surface area (Å²) in [5, 5.41) is 0.969. The zero-order valence-corrected chi connectivity index (χ0v) is 8.31. The first-order chi connectivity index (χ1) is 7.22. The van der Waals surface area contributed by atoms with Gasteiger partial charge in [0.2, 0.25) is 0 Å². The first-order valence-electron chi connectivity index (χ1n) is 4.72. The molecule has 0 aliphatic heterocycles. The van der Waals surface area contributed by atoms with Gasteiger partial charge in [-0.2, -0.15) is 0 Å². The summed E-state index contributed by atoms with van der Waals surface area (Å²) in [5.74, 6) is 0. The van der Waals surface area contributed by atoms with Crippen LogP contribution < -0.4 is 11.3 Å². The second-order valence-corrected chi connectivity index (χ2v) is 3.39. The Balaban J connectivity index is 2.81. The number of pyridine rings is 1. The minimum absolute atomic E-state index is 0.0211. The van der Waals surface area contributed by atoms with Crippen LogP contribution in [-0.4, -0.2) is 4.57 Å². The van der Waals surface area contributed by atoms with Gasteiger partial charge in [0.15, 0.2) is 0 Å². The zero-order chi connectivity index (χ0) is 10.8. The Kier molecular flexibility index (Phi) is 2.29. The fraction of sp³-hybridized carbons (Fsp3) is 0.0833. The van der Waals surface area contributed by atoms with Crippen LogP contribution in [0.4, 0.5) is 5.69 Å². The number of rotatable bonds is 2. The van der Waals surface area contributed by atoms with Crippen LogP contribution in [0, 0.1) is 0 Å². The van der Waals surface area contributed by atoms with Crippen LogP contribution in [0.15, 0.2) is 47.8 Å². The largest absolute Gasteiger partial charge is 0.399 e. The van der Waals surface area contributed by atoms with Gasteiger partial charge in [-0.15, -0.1) is 6.58 Å². The molecule has 15 heavy (non-hydrogen) atoms. The lowest BCUT2D eigenvalue weighted by Gasteiger charge is -2.07. The molecule has 1 aromatic carbocycles. The average Bonchev–Trinajstić information content (AvgIpc) is 2.22. The molecule has 2 N–H and O–H groups in total. The molecule has 2 aromatic rings. The molecule has 1 heterocycles. The molecule has 0 spiro atoms. The lowest BCUT2D eigenvalue weighted by molar-refractivity contribution is 0.818. The Bertz CT molecular complexity index is 569. The van der Waals surface area contributed by atoms with Gasteiger partial charge in [0.05, 0.1) is 5.52 Å².